The van der Waals surface area contributed by atoms with Crippen molar-refractivity contribution >= 4 is 0 Å². The highest BCUT2D eigenvalue weighted by Crippen LogP contribution is 2.20. The molecule has 0 saturated heterocycles. The first-order valence-electron chi connectivity index (χ1n) is 3.78. The lowest BCUT2D eigenvalue weighted by Gasteiger charge is -2.09. The quantitative estimate of drug-likeness (QED) is 0.649. The van der Waals surface area contributed by atoms with Crippen LogP contribution in [0.15, 0.2) is 10.5 Å². The zero-order chi connectivity index (χ0) is 7.68. The van der Waals surface area contributed by atoms with E-state index in [0.717, 1.165) is 30.1 Å². The highest BCUT2D eigenvalue weighted by atomic mass is 16.5. The summed E-state index contributed by atoms with van der Waals surface area (Å²) in [4.78, 5) is 0. The fourth-order valence-electron chi connectivity index (χ4n) is 1.31. The maximum atomic E-state index is 5.45. The van der Waals surface area contributed by atoms with Crippen molar-refractivity contribution in [3.8, 4) is 0 Å². The van der Waals surface area contributed by atoms with Gasteiger partial charge in [0.2, 0.25) is 0 Å². The summed E-state index contributed by atoms with van der Waals surface area (Å²) in [5.41, 5.74) is 6.59. The number of furan rings is 1. The van der Waals surface area contributed by atoms with Gasteiger partial charge in [-0.3, -0.25) is 0 Å². The maximum absolute atomic E-state index is 5.45. The lowest BCUT2D eigenvalue weighted by molar-refractivity contribution is 0.104. The molecule has 0 radical (unpaired) electrons. The van der Waals surface area contributed by atoms with Gasteiger partial charge >= 0.3 is 0 Å². The molecule has 0 aromatic carbocycles. The van der Waals surface area contributed by atoms with Crippen LogP contribution in [0.3, 0.4) is 0 Å². The van der Waals surface area contributed by atoms with E-state index >= 15 is 0 Å². The molecule has 0 bridgehead atoms. The Morgan fingerprint density at radius 3 is 3.18 bits per heavy atom. The second-order valence-corrected chi connectivity index (χ2v) is 2.67. The third-order valence-electron chi connectivity index (χ3n) is 1.88. The lowest BCUT2D eigenvalue weighted by Crippen LogP contribution is -2.06. The first-order valence-corrected chi connectivity index (χ1v) is 3.78. The van der Waals surface area contributed by atoms with Crippen LogP contribution in [0.25, 0.3) is 0 Å². The van der Waals surface area contributed by atoms with Gasteiger partial charge < -0.3 is 14.9 Å². The van der Waals surface area contributed by atoms with Gasteiger partial charge in [0, 0.05) is 12.0 Å². The average Bonchev–Trinajstić information content (AvgIpc) is 2.46. The topological polar surface area (TPSA) is 48.4 Å². The zero-order valence-corrected chi connectivity index (χ0v) is 6.30. The Labute approximate surface area is 65.1 Å². The highest BCUT2D eigenvalue weighted by molar-refractivity contribution is 5.22. The van der Waals surface area contributed by atoms with E-state index in [0.29, 0.717) is 13.2 Å². The number of fused-ring (bicyclic) bond motifs is 1. The molecule has 2 heterocycles. The second-order valence-electron chi connectivity index (χ2n) is 2.67. The van der Waals surface area contributed by atoms with Crippen LogP contribution in [0.4, 0.5) is 0 Å². The molecule has 1 aliphatic rings. The summed E-state index contributed by atoms with van der Waals surface area (Å²) in [7, 11) is 0. The molecule has 0 atom stereocenters. The van der Waals surface area contributed by atoms with Crippen LogP contribution in [-0.4, -0.2) is 6.61 Å². The van der Waals surface area contributed by atoms with Crippen molar-refractivity contribution in [2.75, 3.05) is 6.61 Å². The van der Waals surface area contributed by atoms with Gasteiger partial charge in [0.25, 0.3) is 0 Å². The summed E-state index contributed by atoms with van der Waals surface area (Å²) in [6, 6.07) is 1.98. The number of ether oxygens (including phenoxy) is 1. The van der Waals surface area contributed by atoms with Crippen LogP contribution >= 0.6 is 0 Å². The summed E-state index contributed by atoms with van der Waals surface area (Å²) in [6.45, 7) is 1.93. The molecule has 11 heavy (non-hydrogen) atoms. The van der Waals surface area contributed by atoms with Gasteiger partial charge in [-0.1, -0.05) is 0 Å². The van der Waals surface area contributed by atoms with E-state index in [-0.39, 0.29) is 0 Å². The second kappa shape index (κ2) is 2.68. The molecule has 0 saturated carbocycles. The van der Waals surface area contributed by atoms with E-state index in [2.05, 4.69) is 0 Å². The fraction of sp³-hybridized carbons (Fsp3) is 0.500. The van der Waals surface area contributed by atoms with Crippen LogP contribution in [0.2, 0.25) is 0 Å². The number of hydrogen-bond acceptors (Lipinski definition) is 3. The van der Waals surface area contributed by atoms with Crippen LogP contribution in [0.5, 0.6) is 0 Å². The zero-order valence-electron chi connectivity index (χ0n) is 6.30. The van der Waals surface area contributed by atoms with E-state index < -0.39 is 0 Å². The van der Waals surface area contributed by atoms with Crippen molar-refractivity contribution in [3.63, 3.8) is 0 Å². The van der Waals surface area contributed by atoms with Crippen molar-refractivity contribution in [2.45, 2.75) is 19.6 Å². The van der Waals surface area contributed by atoms with Gasteiger partial charge in [-0.2, -0.15) is 0 Å². The Morgan fingerprint density at radius 2 is 2.45 bits per heavy atom. The summed E-state index contributed by atoms with van der Waals surface area (Å²) in [5.74, 6) is 1.91. The first kappa shape index (κ1) is 6.88. The highest BCUT2D eigenvalue weighted by Gasteiger charge is 2.14. The molecule has 0 aliphatic carbocycles. The number of rotatable bonds is 1. The van der Waals surface area contributed by atoms with Crippen molar-refractivity contribution in [3.05, 3.63) is 23.2 Å². The molecule has 0 spiro atoms. The fourth-order valence-corrected chi connectivity index (χ4v) is 1.31. The minimum absolute atomic E-state index is 0.479. The minimum atomic E-state index is 0.479. The third-order valence-corrected chi connectivity index (χ3v) is 1.88. The third kappa shape index (κ3) is 1.17. The van der Waals surface area contributed by atoms with Crippen LogP contribution in [0, 0.1) is 0 Å². The summed E-state index contributed by atoms with van der Waals surface area (Å²) >= 11 is 0. The smallest absolute Gasteiger partial charge is 0.118 e. The van der Waals surface area contributed by atoms with Gasteiger partial charge in [0.1, 0.15) is 11.5 Å². The maximum Gasteiger partial charge on any atom is 0.118 e. The normalized spacial score (nSPS) is 16.5. The molecular formula is C8H11NO2. The Hall–Kier alpha value is -0.800. The molecule has 1 aliphatic heterocycles. The van der Waals surface area contributed by atoms with Gasteiger partial charge in [0.05, 0.1) is 19.8 Å². The first-order chi connectivity index (χ1) is 5.40. The molecule has 0 unspecified atom stereocenters. The Balaban J connectivity index is 2.32. The lowest BCUT2D eigenvalue weighted by atomic mass is 10.2. The minimum Gasteiger partial charge on any atom is -0.464 e. The van der Waals surface area contributed by atoms with Crippen molar-refractivity contribution in [1.29, 1.82) is 0 Å². The SMILES string of the molecule is NCc1cc2c(o1)CCOC2. The summed E-state index contributed by atoms with van der Waals surface area (Å²) in [5, 5.41) is 0. The predicted octanol–water partition coefficient (Wildman–Crippen LogP) is 0.811. The van der Waals surface area contributed by atoms with Gasteiger partial charge in [-0.05, 0) is 6.07 Å². The summed E-state index contributed by atoms with van der Waals surface area (Å²) < 4.78 is 10.7. The molecule has 2 rings (SSSR count). The molecule has 0 amide bonds. The molecule has 1 aromatic heterocycles. The van der Waals surface area contributed by atoms with Crippen LogP contribution in [-0.2, 0) is 24.3 Å². The molecule has 0 fully saturated rings. The Morgan fingerprint density at radius 1 is 1.55 bits per heavy atom. The van der Waals surface area contributed by atoms with Crippen molar-refractivity contribution < 1.29 is 9.15 Å². The number of hydrogen-bond donors (Lipinski definition) is 1. The molecule has 2 N–H and O–H groups in total. The molecule has 60 valence electrons. The predicted molar refractivity (Wildman–Crippen MR) is 40.0 cm³/mol. The van der Waals surface area contributed by atoms with E-state index in [9.17, 15) is 0 Å². The summed E-state index contributed by atoms with van der Waals surface area (Å²) in [6.07, 6.45) is 0.884. The van der Waals surface area contributed by atoms with E-state index in [1.807, 2.05) is 6.07 Å². The van der Waals surface area contributed by atoms with Crippen molar-refractivity contribution in [2.24, 2.45) is 5.73 Å². The van der Waals surface area contributed by atoms with Gasteiger partial charge in [-0.15, -0.1) is 0 Å². The Kier molecular flexibility index (Phi) is 1.68. The monoisotopic (exact) mass is 153 g/mol. The van der Waals surface area contributed by atoms with Crippen LogP contribution in [0.1, 0.15) is 17.1 Å². The molecular weight excluding hydrogens is 142 g/mol. The van der Waals surface area contributed by atoms with Crippen LogP contribution < -0.4 is 5.73 Å². The van der Waals surface area contributed by atoms with Gasteiger partial charge in [0.15, 0.2) is 0 Å². The van der Waals surface area contributed by atoms with Crippen molar-refractivity contribution in [1.82, 2.24) is 0 Å². The molecule has 1 aromatic rings. The van der Waals surface area contributed by atoms with Gasteiger partial charge in [-0.25, -0.2) is 0 Å². The average molecular weight is 153 g/mol. The van der Waals surface area contributed by atoms with E-state index in [1.165, 1.54) is 0 Å². The largest absolute Gasteiger partial charge is 0.464 e. The van der Waals surface area contributed by atoms with E-state index in [4.69, 9.17) is 14.9 Å². The number of nitrogens with two attached hydrogens (primary N) is 1. The molecule has 3 nitrogen and oxygen atoms in total. The Bertz CT molecular complexity index is 231. The molecule has 3 heteroatoms. The standard InChI is InChI=1S/C8H11NO2/c9-4-7-3-6-5-10-2-1-8(6)11-7/h3H,1-2,4-5,9H2. The van der Waals surface area contributed by atoms with E-state index in [1.54, 1.807) is 0 Å².